The highest BCUT2D eigenvalue weighted by molar-refractivity contribution is 5.92. The quantitative estimate of drug-likeness (QED) is 0.565. The van der Waals surface area contributed by atoms with E-state index in [9.17, 15) is 9.59 Å². The number of carbonyl (C=O) groups excluding carboxylic acids is 2. The fourth-order valence-corrected chi connectivity index (χ4v) is 1.58. The zero-order valence-corrected chi connectivity index (χ0v) is 10.2. The molecular weight excluding hydrogens is 236 g/mol. The van der Waals surface area contributed by atoms with Crippen LogP contribution in [0.4, 0.5) is 0 Å². The number of hydrogen-bond donors (Lipinski definition) is 1. The molecule has 1 aromatic rings. The van der Waals surface area contributed by atoms with Crippen molar-refractivity contribution < 1.29 is 19.5 Å². The van der Waals surface area contributed by atoms with Gasteiger partial charge in [0.2, 0.25) is 0 Å². The lowest BCUT2D eigenvalue weighted by Gasteiger charge is -2.10. The predicted octanol–water partition coefficient (Wildman–Crippen LogP) is 0.516. The number of aromatic nitrogens is 2. The van der Waals surface area contributed by atoms with Crippen molar-refractivity contribution in [2.45, 2.75) is 26.2 Å². The van der Waals surface area contributed by atoms with Gasteiger partial charge in [-0.2, -0.15) is 4.73 Å². The average molecular weight is 252 g/mol. The zero-order valence-electron chi connectivity index (χ0n) is 10.2. The van der Waals surface area contributed by atoms with Crippen molar-refractivity contribution in [3.8, 4) is 0 Å². The Balaban J connectivity index is 2.89. The maximum absolute atomic E-state index is 11.9. The van der Waals surface area contributed by atoms with E-state index in [1.807, 2.05) is 6.92 Å². The molecule has 0 unspecified atom stereocenters. The summed E-state index contributed by atoms with van der Waals surface area (Å²) in [7, 11) is 0. The first-order valence-corrected chi connectivity index (χ1v) is 5.68. The third-order valence-electron chi connectivity index (χ3n) is 2.47. The van der Waals surface area contributed by atoms with E-state index in [0.29, 0.717) is 24.7 Å². The van der Waals surface area contributed by atoms with E-state index in [1.165, 1.54) is 23.5 Å². The molecule has 0 atom stereocenters. The topological polar surface area (TPSA) is 81.4 Å². The van der Waals surface area contributed by atoms with Crippen molar-refractivity contribution in [1.82, 2.24) is 9.71 Å². The summed E-state index contributed by atoms with van der Waals surface area (Å²) in [4.78, 5) is 31.3. The molecule has 1 heterocycles. The van der Waals surface area contributed by atoms with Gasteiger partial charge in [0.15, 0.2) is 0 Å². The second kappa shape index (κ2) is 7.39. The predicted molar refractivity (Wildman–Crippen MR) is 63.5 cm³/mol. The largest absolute Gasteiger partial charge is 0.396 e. The van der Waals surface area contributed by atoms with Crippen LogP contribution >= 0.6 is 0 Å². The molecule has 6 nitrogen and oxygen atoms in total. The van der Waals surface area contributed by atoms with Crippen molar-refractivity contribution in [2.75, 3.05) is 6.61 Å². The van der Waals surface area contributed by atoms with Gasteiger partial charge in [-0.05, 0) is 12.8 Å². The molecule has 0 aliphatic heterocycles. The van der Waals surface area contributed by atoms with Gasteiger partial charge in [0.1, 0.15) is 12.6 Å². The van der Waals surface area contributed by atoms with E-state index in [4.69, 9.17) is 9.94 Å². The van der Waals surface area contributed by atoms with Gasteiger partial charge >= 0.3 is 5.97 Å². The van der Waals surface area contributed by atoms with Crippen LogP contribution in [0, 0.1) is 0 Å². The van der Waals surface area contributed by atoms with Crippen molar-refractivity contribution in [3.63, 3.8) is 0 Å². The molecule has 0 saturated carbocycles. The highest BCUT2D eigenvalue weighted by atomic mass is 16.7. The van der Waals surface area contributed by atoms with Gasteiger partial charge in [0.05, 0.1) is 6.20 Å². The van der Waals surface area contributed by atoms with Gasteiger partial charge in [-0.3, -0.25) is 0 Å². The van der Waals surface area contributed by atoms with Crippen molar-refractivity contribution in [3.05, 3.63) is 29.9 Å². The fraction of sp³-hybridized carbons (Fsp3) is 0.417. The van der Waals surface area contributed by atoms with Crippen LogP contribution in [0.5, 0.6) is 0 Å². The molecule has 0 saturated heterocycles. The summed E-state index contributed by atoms with van der Waals surface area (Å²) < 4.78 is 1.17. The molecule has 1 rings (SSSR count). The molecule has 0 radical (unpaired) electrons. The summed E-state index contributed by atoms with van der Waals surface area (Å²) in [5, 5.41) is 8.93. The molecule has 98 valence electrons. The van der Waals surface area contributed by atoms with Gasteiger partial charge in [-0.15, -0.1) is 0 Å². The third-order valence-corrected chi connectivity index (χ3v) is 2.47. The minimum absolute atomic E-state index is 0.0172. The van der Waals surface area contributed by atoms with E-state index in [2.05, 4.69) is 4.98 Å². The Kier molecular flexibility index (Phi) is 5.79. The Morgan fingerprint density at radius 2 is 2.33 bits per heavy atom. The van der Waals surface area contributed by atoms with E-state index >= 15 is 0 Å². The molecule has 0 spiro atoms. The van der Waals surface area contributed by atoms with Gasteiger partial charge < -0.3 is 14.7 Å². The molecule has 1 aromatic heterocycles. The number of rotatable bonds is 7. The van der Waals surface area contributed by atoms with Crippen LogP contribution in [0.3, 0.4) is 0 Å². The molecule has 6 heteroatoms. The van der Waals surface area contributed by atoms with Crippen LogP contribution in [-0.4, -0.2) is 33.7 Å². The maximum atomic E-state index is 11.9. The zero-order chi connectivity index (χ0) is 13.4. The smallest absolute Gasteiger partial charge is 0.360 e. The molecule has 0 fully saturated rings. The Hall–Kier alpha value is -1.95. The lowest BCUT2D eigenvalue weighted by atomic mass is 10.0. The summed E-state index contributed by atoms with van der Waals surface area (Å²) >= 11 is 0. The monoisotopic (exact) mass is 252 g/mol. The van der Waals surface area contributed by atoms with Gasteiger partial charge in [0, 0.05) is 24.8 Å². The van der Waals surface area contributed by atoms with Gasteiger partial charge in [-0.25, -0.2) is 9.78 Å². The Morgan fingerprint density at radius 3 is 2.83 bits per heavy atom. The number of aldehydes is 1. The number of hydrogen-bond acceptors (Lipinski definition) is 5. The van der Waals surface area contributed by atoms with Crippen LogP contribution < -0.4 is 4.84 Å². The van der Waals surface area contributed by atoms with Gasteiger partial charge in [-0.1, -0.05) is 12.5 Å². The van der Waals surface area contributed by atoms with Crippen molar-refractivity contribution >= 4 is 12.3 Å². The average Bonchev–Trinajstić information content (AvgIpc) is 2.86. The van der Waals surface area contributed by atoms with Gasteiger partial charge in [0.25, 0.3) is 0 Å². The number of aliphatic hydroxyl groups is 1. The molecule has 0 aliphatic rings. The summed E-state index contributed by atoms with van der Waals surface area (Å²) in [5.74, 6) is -0.592. The third kappa shape index (κ3) is 3.81. The second-order valence-corrected chi connectivity index (χ2v) is 3.58. The molecule has 1 N–H and O–H groups in total. The lowest BCUT2D eigenvalue weighted by molar-refractivity contribution is -0.140. The number of nitrogens with zero attached hydrogens (tertiary/aromatic N) is 2. The number of carbonyl (C=O) groups is 2. The number of imidazole rings is 1. The maximum Gasteiger partial charge on any atom is 0.360 e. The summed E-state index contributed by atoms with van der Waals surface area (Å²) in [6.07, 6.45) is 5.88. The minimum Gasteiger partial charge on any atom is -0.396 e. The normalized spacial score (nSPS) is 11.9. The SMILES string of the molecule is CC/C(CCO)=C(/CC=O)C(=O)On1ccnc1. The van der Waals surface area contributed by atoms with Crippen LogP contribution in [0.1, 0.15) is 26.2 Å². The molecule has 0 aliphatic carbocycles. The Morgan fingerprint density at radius 1 is 1.56 bits per heavy atom. The van der Waals surface area contributed by atoms with Crippen molar-refractivity contribution in [2.24, 2.45) is 0 Å². The van der Waals surface area contributed by atoms with E-state index < -0.39 is 5.97 Å². The number of aliphatic hydroxyl groups excluding tert-OH is 1. The first-order valence-electron chi connectivity index (χ1n) is 5.68. The van der Waals surface area contributed by atoms with Crippen molar-refractivity contribution in [1.29, 1.82) is 0 Å². The van der Waals surface area contributed by atoms with E-state index in [-0.39, 0.29) is 13.0 Å². The molecule has 18 heavy (non-hydrogen) atoms. The highest BCUT2D eigenvalue weighted by Gasteiger charge is 2.16. The first kappa shape index (κ1) is 14.1. The molecular formula is C12H16N2O4. The van der Waals surface area contributed by atoms with E-state index in [0.717, 1.165) is 5.57 Å². The summed E-state index contributed by atoms with van der Waals surface area (Å²) in [6.45, 7) is 1.80. The molecule has 0 aromatic carbocycles. The fourth-order valence-electron chi connectivity index (χ4n) is 1.58. The standard InChI is InChI=1S/C12H16N2O4/c1-2-10(3-7-15)11(4-8-16)12(17)18-14-6-5-13-9-14/h5-6,8-9,15H,2-4,7H2,1H3/b11-10+. The minimum atomic E-state index is -0.592. The van der Waals surface area contributed by atoms with Crippen LogP contribution in [0.2, 0.25) is 0 Å². The van der Waals surface area contributed by atoms with Crippen LogP contribution in [0.25, 0.3) is 0 Å². The Bertz CT molecular complexity index is 423. The lowest BCUT2D eigenvalue weighted by Crippen LogP contribution is -2.22. The first-order chi connectivity index (χ1) is 8.72. The summed E-state index contributed by atoms with van der Waals surface area (Å²) in [5.41, 5.74) is 1.03. The molecule has 0 bridgehead atoms. The van der Waals surface area contributed by atoms with Crippen LogP contribution in [-0.2, 0) is 9.59 Å². The second-order valence-electron chi connectivity index (χ2n) is 3.58. The van der Waals surface area contributed by atoms with E-state index in [1.54, 1.807) is 0 Å². The van der Waals surface area contributed by atoms with Crippen LogP contribution in [0.15, 0.2) is 29.9 Å². The Labute approximate surface area is 105 Å². The molecule has 0 amide bonds. The summed E-state index contributed by atoms with van der Waals surface area (Å²) in [6, 6.07) is 0. The highest BCUT2D eigenvalue weighted by Crippen LogP contribution is 2.16.